The number of hydrogen-bond acceptors (Lipinski definition) is 5. The summed E-state index contributed by atoms with van der Waals surface area (Å²) in [5.74, 6) is -1.77. The Hall–Kier alpha value is -1.46. The van der Waals surface area contributed by atoms with Crippen LogP contribution in [0.1, 0.15) is 81.1 Å². The third-order valence-corrected chi connectivity index (χ3v) is 8.93. The van der Waals surface area contributed by atoms with Crippen LogP contribution in [0.5, 0.6) is 0 Å². The van der Waals surface area contributed by atoms with Crippen molar-refractivity contribution in [2.45, 2.75) is 92.8 Å². The summed E-state index contributed by atoms with van der Waals surface area (Å²) in [5, 5.41) is 34.3. The van der Waals surface area contributed by atoms with Crippen LogP contribution in [0.4, 0.5) is 0 Å². The van der Waals surface area contributed by atoms with Crippen molar-refractivity contribution in [3.63, 3.8) is 0 Å². The lowest BCUT2D eigenvalue weighted by Gasteiger charge is -2.44. The number of carbonyl (C=O) groups excluding carboxylic acids is 2. The van der Waals surface area contributed by atoms with Gasteiger partial charge in [-0.25, -0.2) is 0 Å². The standard InChI is InChI=1S/C26H40O5/c1-9-15(4)19(27)18-20(28)25(11-10-14(2)3)12-17-23(5,6)16(24(7,8)31)13-26(17,21(18)29)22(25)30/h10,15-17,22,29-31H,9,11-13H2,1-8H3/t15?,16-,17+,22?,25?,26-/m1/s1. The zero-order valence-corrected chi connectivity index (χ0v) is 20.4. The molecule has 3 rings (SSSR count). The number of carbonyl (C=O) groups is 2. The predicted octanol–water partition coefficient (Wildman–Crippen LogP) is 4.52. The summed E-state index contributed by atoms with van der Waals surface area (Å²) in [5.41, 5.74) is -2.72. The minimum Gasteiger partial charge on any atom is -0.511 e. The van der Waals surface area contributed by atoms with E-state index in [4.69, 9.17) is 0 Å². The third kappa shape index (κ3) is 3.10. The van der Waals surface area contributed by atoms with E-state index in [1.54, 1.807) is 20.8 Å². The van der Waals surface area contributed by atoms with Gasteiger partial charge in [0.05, 0.1) is 28.1 Å². The summed E-state index contributed by atoms with van der Waals surface area (Å²) < 4.78 is 0. The molecular formula is C26H40O5. The average molecular weight is 433 g/mol. The summed E-state index contributed by atoms with van der Waals surface area (Å²) >= 11 is 0. The lowest BCUT2D eigenvalue weighted by Crippen LogP contribution is -2.53. The molecule has 31 heavy (non-hydrogen) atoms. The van der Waals surface area contributed by atoms with Crippen molar-refractivity contribution in [3.05, 3.63) is 23.0 Å². The van der Waals surface area contributed by atoms with Crippen molar-refractivity contribution in [2.75, 3.05) is 0 Å². The van der Waals surface area contributed by atoms with Crippen LogP contribution in [0.25, 0.3) is 0 Å². The lowest BCUT2D eigenvalue weighted by molar-refractivity contribution is -0.140. The topological polar surface area (TPSA) is 94.8 Å². The van der Waals surface area contributed by atoms with Gasteiger partial charge in [0.25, 0.3) is 0 Å². The van der Waals surface area contributed by atoms with Gasteiger partial charge in [0.2, 0.25) is 0 Å². The molecule has 3 N–H and O–H groups in total. The van der Waals surface area contributed by atoms with Gasteiger partial charge in [-0.15, -0.1) is 0 Å². The molecule has 174 valence electrons. The van der Waals surface area contributed by atoms with Crippen LogP contribution in [0, 0.1) is 34.0 Å². The number of allylic oxidation sites excluding steroid dienone is 3. The average Bonchev–Trinajstić information content (AvgIpc) is 3.03. The molecule has 0 heterocycles. The SMILES string of the molecule is CCC(C)C(=O)C1=C(O)[C@@]23C[C@@H](C(C)(C)O)C(C)(C)[C@@H]2CC(CC=C(C)C)(C1=O)C3O. The third-order valence-electron chi connectivity index (χ3n) is 8.93. The molecular weight excluding hydrogens is 392 g/mol. The van der Waals surface area contributed by atoms with E-state index in [0.717, 1.165) is 5.57 Å². The maximum Gasteiger partial charge on any atom is 0.178 e. The van der Waals surface area contributed by atoms with Crippen molar-refractivity contribution in [2.24, 2.45) is 34.0 Å². The summed E-state index contributed by atoms with van der Waals surface area (Å²) in [6.07, 6.45) is 2.54. The number of rotatable bonds is 6. The Balaban J connectivity index is 2.30. The fourth-order valence-electron chi connectivity index (χ4n) is 7.06. The van der Waals surface area contributed by atoms with Crippen LogP contribution in [-0.4, -0.2) is 38.6 Å². The fourth-order valence-corrected chi connectivity index (χ4v) is 7.06. The van der Waals surface area contributed by atoms with Crippen molar-refractivity contribution >= 4 is 11.6 Å². The van der Waals surface area contributed by atoms with Gasteiger partial charge in [0.15, 0.2) is 11.6 Å². The molecule has 2 bridgehead atoms. The first-order valence-corrected chi connectivity index (χ1v) is 11.7. The van der Waals surface area contributed by atoms with Crippen molar-refractivity contribution in [1.29, 1.82) is 0 Å². The van der Waals surface area contributed by atoms with E-state index in [2.05, 4.69) is 13.8 Å². The van der Waals surface area contributed by atoms with E-state index in [9.17, 15) is 24.9 Å². The molecule has 0 aromatic rings. The molecule has 5 nitrogen and oxygen atoms in total. The van der Waals surface area contributed by atoms with Crippen molar-refractivity contribution < 1.29 is 24.9 Å². The van der Waals surface area contributed by atoms with E-state index >= 15 is 0 Å². The summed E-state index contributed by atoms with van der Waals surface area (Å²) in [6.45, 7) is 15.2. The van der Waals surface area contributed by atoms with Gasteiger partial charge in [-0.05, 0) is 70.6 Å². The molecule has 5 heteroatoms. The molecule has 0 aromatic heterocycles. The van der Waals surface area contributed by atoms with Crippen LogP contribution in [-0.2, 0) is 9.59 Å². The minimum absolute atomic E-state index is 0.100. The van der Waals surface area contributed by atoms with Gasteiger partial charge in [-0.3, -0.25) is 9.59 Å². The highest BCUT2D eigenvalue weighted by molar-refractivity contribution is 6.24. The van der Waals surface area contributed by atoms with Gasteiger partial charge >= 0.3 is 0 Å². The highest BCUT2D eigenvalue weighted by atomic mass is 16.3. The highest BCUT2D eigenvalue weighted by Crippen LogP contribution is 2.75. The minimum atomic E-state index is -1.12. The van der Waals surface area contributed by atoms with E-state index in [0.29, 0.717) is 25.7 Å². The Morgan fingerprint density at radius 3 is 2.32 bits per heavy atom. The first-order valence-electron chi connectivity index (χ1n) is 11.7. The van der Waals surface area contributed by atoms with Crippen LogP contribution in [0.15, 0.2) is 23.0 Å². The Kier molecular flexibility index (Phi) is 5.68. The first-order chi connectivity index (χ1) is 14.1. The number of ketones is 2. The number of aliphatic hydroxyl groups is 3. The smallest absolute Gasteiger partial charge is 0.178 e. The number of Topliss-reactive ketones (excluding diaryl/α,β-unsaturated/α-hetero) is 2. The predicted molar refractivity (Wildman–Crippen MR) is 120 cm³/mol. The van der Waals surface area contributed by atoms with Gasteiger partial charge in [-0.1, -0.05) is 39.3 Å². The molecule has 1 spiro atoms. The number of aliphatic hydroxyl groups excluding tert-OH is 2. The van der Waals surface area contributed by atoms with Crippen molar-refractivity contribution in [1.82, 2.24) is 0 Å². The number of fused-ring (bicyclic) bond motifs is 1. The van der Waals surface area contributed by atoms with Crippen LogP contribution < -0.4 is 0 Å². The van der Waals surface area contributed by atoms with Gasteiger partial charge in [0, 0.05) is 5.92 Å². The van der Waals surface area contributed by atoms with Gasteiger partial charge in [-0.2, -0.15) is 0 Å². The zero-order chi connectivity index (χ0) is 23.7. The molecule has 6 atom stereocenters. The summed E-state index contributed by atoms with van der Waals surface area (Å²) in [4.78, 5) is 27.1. The van der Waals surface area contributed by atoms with E-state index < -0.39 is 33.7 Å². The second-order valence-electron chi connectivity index (χ2n) is 11.8. The maximum atomic E-state index is 13.8. The van der Waals surface area contributed by atoms with Crippen LogP contribution in [0.2, 0.25) is 0 Å². The zero-order valence-electron chi connectivity index (χ0n) is 20.4. The van der Waals surface area contributed by atoms with Gasteiger partial charge < -0.3 is 15.3 Å². The Morgan fingerprint density at radius 1 is 1.26 bits per heavy atom. The molecule has 0 radical (unpaired) electrons. The fraction of sp³-hybridized carbons (Fsp3) is 0.769. The Bertz CT molecular complexity index is 854. The largest absolute Gasteiger partial charge is 0.511 e. The summed E-state index contributed by atoms with van der Waals surface area (Å²) in [7, 11) is 0. The first kappa shape index (κ1) is 24.2. The van der Waals surface area contributed by atoms with E-state index in [1.807, 2.05) is 26.8 Å². The van der Waals surface area contributed by atoms with E-state index in [-0.39, 0.29) is 34.9 Å². The molecule has 2 saturated carbocycles. The Labute approximate surface area is 186 Å². The quantitative estimate of drug-likeness (QED) is 0.424. The molecule has 0 aromatic carbocycles. The maximum absolute atomic E-state index is 13.8. The number of hydrogen-bond donors (Lipinski definition) is 3. The molecule has 2 fully saturated rings. The normalized spacial score (nSPS) is 37.6. The molecule has 3 aliphatic rings. The molecule has 0 amide bonds. The van der Waals surface area contributed by atoms with Crippen LogP contribution >= 0.6 is 0 Å². The highest BCUT2D eigenvalue weighted by Gasteiger charge is 2.77. The lowest BCUT2D eigenvalue weighted by atomic mass is 9.61. The molecule has 0 aliphatic heterocycles. The van der Waals surface area contributed by atoms with E-state index in [1.165, 1.54) is 0 Å². The summed E-state index contributed by atoms with van der Waals surface area (Å²) in [6, 6.07) is 0. The molecule has 3 unspecified atom stereocenters. The van der Waals surface area contributed by atoms with Crippen LogP contribution in [0.3, 0.4) is 0 Å². The second kappa shape index (κ2) is 7.28. The monoisotopic (exact) mass is 432 g/mol. The molecule has 3 aliphatic carbocycles. The van der Waals surface area contributed by atoms with Gasteiger partial charge in [0.1, 0.15) is 5.76 Å². The Morgan fingerprint density at radius 2 is 1.84 bits per heavy atom. The second-order valence-corrected chi connectivity index (χ2v) is 11.8. The van der Waals surface area contributed by atoms with Crippen molar-refractivity contribution in [3.8, 4) is 0 Å². The molecule has 0 saturated heterocycles.